The quantitative estimate of drug-likeness (QED) is 0.334. The molecule has 0 bridgehead atoms. The number of halogens is 5. The average molecular weight is 601 g/mol. The monoisotopic (exact) mass is 600 g/mol. The van der Waals surface area contributed by atoms with Crippen LogP contribution < -0.4 is 10.2 Å². The smallest absolute Gasteiger partial charge is 0.404 e. The predicted octanol–water partition coefficient (Wildman–Crippen LogP) is 5.49. The Morgan fingerprint density at radius 1 is 1.18 bits per heavy atom. The van der Waals surface area contributed by atoms with Crippen LogP contribution in [0, 0.1) is 0 Å². The fraction of sp³-hybridized carbons (Fsp3) is 0.500. The van der Waals surface area contributed by atoms with Gasteiger partial charge in [0.25, 0.3) is 5.91 Å². The molecule has 1 aromatic carbocycles. The Balaban J connectivity index is 1.37. The number of amides is 1. The van der Waals surface area contributed by atoms with Crippen molar-refractivity contribution in [2.24, 2.45) is 0 Å². The molecule has 1 amide bonds. The highest BCUT2D eigenvalue weighted by Crippen LogP contribution is 2.35. The predicted molar refractivity (Wildman–Crippen MR) is 138 cm³/mol. The van der Waals surface area contributed by atoms with Crippen molar-refractivity contribution in [3.8, 4) is 0 Å². The SMILES string of the molecule is CCOC(=O)C1(F)CCN(c2ccc(C(=O)Nc3cc(CN4CCC[C@H]4C(F)(F)F)c(Br)cn3)cc2)CC1. The third kappa shape index (κ3) is 6.45. The maximum absolute atomic E-state index is 14.8. The van der Waals surface area contributed by atoms with Crippen molar-refractivity contribution in [2.45, 2.75) is 57.0 Å². The number of carbonyl (C=O) groups is 2. The highest BCUT2D eigenvalue weighted by atomic mass is 79.9. The zero-order chi connectivity index (χ0) is 27.5. The lowest BCUT2D eigenvalue weighted by atomic mass is 9.93. The number of likely N-dealkylation sites (tertiary alicyclic amines) is 1. The Labute approximate surface area is 226 Å². The summed E-state index contributed by atoms with van der Waals surface area (Å²) in [5.74, 6) is -1.01. The molecular weight excluding hydrogens is 572 g/mol. The lowest BCUT2D eigenvalue weighted by Crippen LogP contribution is -2.47. The number of hydrogen-bond donors (Lipinski definition) is 1. The first-order valence-electron chi connectivity index (χ1n) is 12.5. The van der Waals surface area contributed by atoms with Crippen molar-refractivity contribution in [2.75, 3.05) is 36.5 Å². The van der Waals surface area contributed by atoms with Crippen LogP contribution in [0.15, 0.2) is 41.0 Å². The van der Waals surface area contributed by atoms with E-state index in [1.807, 2.05) is 4.90 Å². The van der Waals surface area contributed by atoms with E-state index < -0.39 is 29.8 Å². The molecule has 0 radical (unpaired) electrons. The minimum absolute atomic E-state index is 0.0206. The topological polar surface area (TPSA) is 74.8 Å². The highest BCUT2D eigenvalue weighted by molar-refractivity contribution is 9.10. The molecule has 1 N–H and O–H groups in total. The summed E-state index contributed by atoms with van der Waals surface area (Å²) in [4.78, 5) is 32.2. The van der Waals surface area contributed by atoms with E-state index in [2.05, 4.69) is 26.2 Å². The van der Waals surface area contributed by atoms with Crippen LogP contribution in [0.2, 0.25) is 0 Å². The molecular formula is C26H29BrF4N4O3. The maximum Gasteiger partial charge on any atom is 0.404 e. The molecule has 2 fully saturated rings. The molecule has 2 aliphatic heterocycles. The molecule has 7 nitrogen and oxygen atoms in total. The summed E-state index contributed by atoms with van der Waals surface area (Å²) < 4.78 is 60.3. The molecule has 38 heavy (non-hydrogen) atoms. The van der Waals surface area contributed by atoms with Gasteiger partial charge in [-0.15, -0.1) is 0 Å². The first kappa shape index (κ1) is 28.3. The molecule has 2 aliphatic rings. The summed E-state index contributed by atoms with van der Waals surface area (Å²) >= 11 is 3.35. The van der Waals surface area contributed by atoms with Crippen molar-refractivity contribution in [1.82, 2.24) is 9.88 Å². The molecule has 0 saturated carbocycles. The van der Waals surface area contributed by atoms with E-state index in [4.69, 9.17) is 4.74 Å². The van der Waals surface area contributed by atoms with Gasteiger partial charge in [0.2, 0.25) is 5.67 Å². The van der Waals surface area contributed by atoms with Crippen LogP contribution in [-0.2, 0) is 16.1 Å². The lowest BCUT2D eigenvalue weighted by Gasteiger charge is -2.36. The number of esters is 1. The second-order valence-electron chi connectivity index (χ2n) is 9.50. The van der Waals surface area contributed by atoms with Crippen LogP contribution in [-0.4, -0.2) is 65.9 Å². The number of aromatic nitrogens is 1. The Hall–Kier alpha value is -2.73. The molecule has 2 aromatic rings. The number of nitrogens with one attached hydrogen (secondary N) is 1. The van der Waals surface area contributed by atoms with E-state index in [1.165, 1.54) is 11.1 Å². The summed E-state index contributed by atoms with van der Waals surface area (Å²) in [7, 11) is 0. The Bertz CT molecular complexity index is 1150. The molecule has 0 unspecified atom stereocenters. The Kier molecular flexibility index (Phi) is 8.61. The molecule has 1 atom stereocenters. The van der Waals surface area contributed by atoms with Crippen LogP contribution in [0.4, 0.5) is 29.1 Å². The van der Waals surface area contributed by atoms with E-state index in [-0.39, 0.29) is 38.2 Å². The number of pyridine rings is 1. The number of piperidine rings is 1. The number of nitrogens with zero attached hydrogens (tertiary/aromatic N) is 3. The summed E-state index contributed by atoms with van der Waals surface area (Å²) in [6.45, 7) is 2.86. The van der Waals surface area contributed by atoms with Crippen molar-refractivity contribution in [3.63, 3.8) is 0 Å². The van der Waals surface area contributed by atoms with E-state index >= 15 is 0 Å². The largest absolute Gasteiger partial charge is 0.464 e. The van der Waals surface area contributed by atoms with Crippen LogP contribution in [0.1, 0.15) is 48.5 Å². The zero-order valence-corrected chi connectivity index (χ0v) is 22.4. The number of benzene rings is 1. The van der Waals surface area contributed by atoms with E-state index in [0.29, 0.717) is 41.7 Å². The Morgan fingerprint density at radius 3 is 2.50 bits per heavy atom. The summed E-state index contributed by atoms with van der Waals surface area (Å²) in [5.41, 5.74) is -0.231. The van der Waals surface area contributed by atoms with Crippen molar-refractivity contribution < 1.29 is 31.9 Å². The third-order valence-electron chi connectivity index (χ3n) is 6.98. The van der Waals surface area contributed by atoms with Gasteiger partial charge in [0.1, 0.15) is 11.9 Å². The maximum atomic E-state index is 14.8. The molecule has 0 spiro atoms. The number of anilines is 2. The van der Waals surface area contributed by atoms with E-state index in [0.717, 1.165) is 5.69 Å². The van der Waals surface area contributed by atoms with Crippen molar-refractivity contribution >= 4 is 39.3 Å². The van der Waals surface area contributed by atoms with Gasteiger partial charge < -0.3 is 15.0 Å². The standard InChI is InChI=1S/C26H29BrF4N4O3/c1-2-38-24(37)25(28)9-12-34(13-10-25)19-7-5-17(6-8-19)23(36)33-22-14-18(20(27)15-32-22)16-35-11-3-4-21(35)26(29,30)31/h5-8,14-15,21H,2-4,9-13,16H2,1H3,(H,32,33,36)/t21-/m0/s1. The van der Waals surface area contributed by atoms with Gasteiger partial charge in [-0.1, -0.05) is 0 Å². The third-order valence-corrected chi connectivity index (χ3v) is 7.70. The van der Waals surface area contributed by atoms with Gasteiger partial charge in [-0.3, -0.25) is 9.69 Å². The number of hydrogen-bond acceptors (Lipinski definition) is 6. The zero-order valence-electron chi connectivity index (χ0n) is 20.9. The second kappa shape index (κ2) is 11.6. The minimum Gasteiger partial charge on any atom is -0.464 e. The van der Waals surface area contributed by atoms with Crippen molar-refractivity contribution in [3.05, 3.63) is 52.1 Å². The van der Waals surface area contributed by atoms with Gasteiger partial charge in [-0.05, 0) is 78.1 Å². The van der Waals surface area contributed by atoms with Crippen LogP contribution in [0.25, 0.3) is 0 Å². The second-order valence-corrected chi connectivity index (χ2v) is 10.4. The van der Waals surface area contributed by atoms with Gasteiger partial charge in [-0.2, -0.15) is 13.2 Å². The normalized spacial score (nSPS) is 19.8. The Morgan fingerprint density at radius 2 is 1.87 bits per heavy atom. The number of rotatable bonds is 7. The van der Waals surface area contributed by atoms with Gasteiger partial charge in [0.05, 0.1) is 6.61 Å². The fourth-order valence-electron chi connectivity index (χ4n) is 4.87. The average Bonchev–Trinajstić information content (AvgIpc) is 3.36. The number of ether oxygens (including phenoxy) is 1. The molecule has 3 heterocycles. The fourth-order valence-corrected chi connectivity index (χ4v) is 5.21. The summed E-state index contributed by atoms with van der Waals surface area (Å²) in [6, 6.07) is 6.84. The van der Waals surface area contributed by atoms with Gasteiger partial charge in [0.15, 0.2) is 0 Å². The molecule has 1 aromatic heterocycles. The molecule has 2 saturated heterocycles. The highest BCUT2D eigenvalue weighted by Gasteiger charge is 2.46. The number of alkyl halides is 4. The van der Waals surface area contributed by atoms with Gasteiger partial charge >= 0.3 is 12.1 Å². The minimum atomic E-state index is -4.29. The van der Waals surface area contributed by atoms with Gasteiger partial charge in [-0.25, -0.2) is 14.2 Å². The van der Waals surface area contributed by atoms with E-state index in [9.17, 15) is 27.2 Å². The lowest BCUT2D eigenvalue weighted by molar-refractivity contribution is -0.177. The first-order valence-corrected chi connectivity index (χ1v) is 13.3. The van der Waals surface area contributed by atoms with Gasteiger partial charge in [0, 0.05) is 54.4 Å². The first-order chi connectivity index (χ1) is 18.0. The van der Waals surface area contributed by atoms with Crippen LogP contribution >= 0.6 is 15.9 Å². The van der Waals surface area contributed by atoms with E-state index in [1.54, 1.807) is 37.3 Å². The van der Waals surface area contributed by atoms with Crippen molar-refractivity contribution in [1.29, 1.82) is 0 Å². The molecule has 12 heteroatoms. The van der Waals surface area contributed by atoms with Crippen LogP contribution in [0.3, 0.4) is 0 Å². The summed E-state index contributed by atoms with van der Waals surface area (Å²) in [6.07, 6.45) is -2.24. The number of carbonyl (C=O) groups excluding carboxylic acids is 2. The molecule has 0 aliphatic carbocycles. The molecule has 206 valence electrons. The van der Waals surface area contributed by atoms with Crippen LogP contribution in [0.5, 0.6) is 0 Å². The summed E-state index contributed by atoms with van der Waals surface area (Å²) in [5, 5.41) is 2.70. The molecule has 4 rings (SSSR count).